The number of aromatic hydroxyl groups is 4. The van der Waals surface area contributed by atoms with Crippen LogP contribution in [0, 0.1) is 0 Å². The number of hydrogen-bond acceptors (Lipinski definition) is 8. The minimum Gasteiger partial charge on any atom is -0.508 e. The minimum absolute atomic E-state index is 0.127. The van der Waals surface area contributed by atoms with Crippen molar-refractivity contribution >= 4 is 17.8 Å². The van der Waals surface area contributed by atoms with Crippen LogP contribution in [0.3, 0.4) is 0 Å². The van der Waals surface area contributed by atoms with Gasteiger partial charge in [0.1, 0.15) is 28.9 Å². The normalized spacial score (nSPS) is 14.0. The number of rotatable bonds is 6. The molecule has 8 nitrogen and oxygen atoms in total. The standard InChI is InChI=1S/C17H16O4.C15H12O4/c18-15-8-6-14(12-16(15)19)7-9-17(20)21-11-10-13-4-2-1-3-5-13;16-10-6-11(17)15-12(18)8-13(19-14(15)7-10)9-4-2-1-3-5-9/h1-9,12,18-19H,10-11H2;1-7,13,16-17H,8H2/b9-7+;/t;13-/m.0/s1. The van der Waals surface area contributed by atoms with Gasteiger partial charge in [0.15, 0.2) is 17.3 Å². The first-order chi connectivity index (χ1) is 19.3. The Hall–Kier alpha value is -5.24. The molecular formula is C32H28O8. The molecule has 1 aliphatic heterocycles. The number of fused-ring (bicyclic) bond motifs is 1. The molecule has 40 heavy (non-hydrogen) atoms. The maximum atomic E-state index is 12.1. The molecule has 0 radical (unpaired) electrons. The van der Waals surface area contributed by atoms with E-state index in [0.717, 1.165) is 17.2 Å². The third-order valence-corrected chi connectivity index (χ3v) is 6.05. The summed E-state index contributed by atoms with van der Waals surface area (Å²) in [6, 6.07) is 26.0. The maximum Gasteiger partial charge on any atom is 0.330 e. The molecule has 8 heteroatoms. The lowest BCUT2D eigenvalue weighted by molar-refractivity contribution is -0.137. The summed E-state index contributed by atoms with van der Waals surface area (Å²) < 4.78 is 10.8. The van der Waals surface area contributed by atoms with Crippen LogP contribution in [-0.2, 0) is 16.0 Å². The number of ether oxygens (including phenoxy) is 2. The highest BCUT2D eigenvalue weighted by atomic mass is 16.5. The molecule has 4 aromatic rings. The zero-order chi connectivity index (χ0) is 28.5. The summed E-state index contributed by atoms with van der Waals surface area (Å²) in [5.41, 5.74) is 2.75. The van der Waals surface area contributed by atoms with Crippen LogP contribution in [0.15, 0.2) is 97.1 Å². The summed E-state index contributed by atoms with van der Waals surface area (Å²) in [7, 11) is 0. The number of Topliss-reactive ketones (excluding diaryl/α,β-unsaturated/α-hetero) is 1. The lowest BCUT2D eigenvalue weighted by Gasteiger charge is -2.26. The van der Waals surface area contributed by atoms with Gasteiger partial charge in [-0.15, -0.1) is 0 Å². The van der Waals surface area contributed by atoms with Crippen molar-refractivity contribution < 1.29 is 39.5 Å². The molecule has 0 aromatic heterocycles. The van der Waals surface area contributed by atoms with Crippen LogP contribution in [0.4, 0.5) is 0 Å². The molecule has 1 aliphatic rings. The van der Waals surface area contributed by atoms with Crippen LogP contribution < -0.4 is 4.74 Å². The first kappa shape index (κ1) is 27.8. The molecule has 0 amide bonds. The molecule has 4 N–H and O–H groups in total. The molecule has 0 spiro atoms. The van der Waals surface area contributed by atoms with Gasteiger partial charge in [0.25, 0.3) is 0 Å². The second-order valence-corrected chi connectivity index (χ2v) is 8.97. The topological polar surface area (TPSA) is 134 Å². The lowest BCUT2D eigenvalue weighted by Crippen LogP contribution is -2.20. The monoisotopic (exact) mass is 540 g/mol. The fraction of sp³-hybridized carbons (Fsp3) is 0.125. The SMILES string of the molecule is O=C(/C=C/c1ccc(O)c(O)c1)OCCc1ccccc1.O=C1C[C@@H](c2ccccc2)Oc2cc(O)cc(O)c21. The quantitative estimate of drug-likeness (QED) is 0.139. The summed E-state index contributed by atoms with van der Waals surface area (Å²) in [6.45, 7) is 0.314. The van der Waals surface area contributed by atoms with E-state index < -0.39 is 5.97 Å². The fourth-order valence-corrected chi connectivity index (χ4v) is 4.05. The summed E-state index contributed by atoms with van der Waals surface area (Å²) in [6.07, 6.45) is 3.26. The van der Waals surface area contributed by atoms with E-state index in [2.05, 4.69) is 0 Å². The van der Waals surface area contributed by atoms with Crippen LogP contribution in [0.2, 0.25) is 0 Å². The summed E-state index contributed by atoms with van der Waals surface area (Å²) in [4.78, 5) is 23.6. The second-order valence-electron chi connectivity index (χ2n) is 8.97. The highest BCUT2D eigenvalue weighted by molar-refractivity contribution is 6.02. The van der Waals surface area contributed by atoms with Crippen molar-refractivity contribution in [1.29, 1.82) is 0 Å². The highest BCUT2D eigenvalue weighted by Gasteiger charge is 2.30. The van der Waals surface area contributed by atoms with Crippen molar-refractivity contribution in [3.05, 3.63) is 119 Å². The summed E-state index contributed by atoms with van der Waals surface area (Å²) in [5.74, 6) is -1.20. The first-order valence-electron chi connectivity index (χ1n) is 12.5. The molecule has 0 bridgehead atoms. The Bertz CT molecular complexity index is 1500. The van der Waals surface area contributed by atoms with Crippen LogP contribution in [-0.4, -0.2) is 38.8 Å². The number of carbonyl (C=O) groups excluding carboxylic acids is 2. The summed E-state index contributed by atoms with van der Waals surface area (Å²) >= 11 is 0. The van der Waals surface area contributed by atoms with Gasteiger partial charge in [-0.25, -0.2) is 4.79 Å². The van der Waals surface area contributed by atoms with E-state index in [9.17, 15) is 30.0 Å². The molecule has 5 rings (SSSR count). The number of phenolic OH excluding ortho intramolecular Hbond substituents is 4. The van der Waals surface area contributed by atoms with E-state index in [1.165, 1.54) is 30.4 Å². The number of carbonyl (C=O) groups is 2. The zero-order valence-electron chi connectivity index (χ0n) is 21.4. The number of hydrogen-bond donors (Lipinski definition) is 4. The Morgan fingerprint density at radius 3 is 2.25 bits per heavy atom. The molecular weight excluding hydrogens is 512 g/mol. The lowest BCUT2D eigenvalue weighted by atomic mass is 9.95. The van der Waals surface area contributed by atoms with E-state index in [1.807, 2.05) is 60.7 Å². The Morgan fingerprint density at radius 2 is 1.55 bits per heavy atom. The van der Waals surface area contributed by atoms with Gasteiger partial charge in [0.2, 0.25) is 0 Å². The van der Waals surface area contributed by atoms with Gasteiger partial charge in [-0.2, -0.15) is 0 Å². The highest BCUT2D eigenvalue weighted by Crippen LogP contribution is 2.41. The molecule has 0 aliphatic carbocycles. The molecule has 0 saturated heterocycles. The number of esters is 1. The Balaban J connectivity index is 0.000000186. The number of phenols is 4. The molecule has 204 valence electrons. The molecule has 1 atom stereocenters. The van der Waals surface area contributed by atoms with Crippen molar-refractivity contribution in [2.45, 2.75) is 18.9 Å². The molecule has 4 aromatic carbocycles. The van der Waals surface area contributed by atoms with Gasteiger partial charge in [0.05, 0.1) is 13.0 Å². The Kier molecular flexibility index (Phi) is 9.04. The maximum absolute atomic E-state index is 12.1. The fourth-order valence-electron chi connectivity index (χ4n) is 4.05. The van der Waals surface area contributed by atoms with Gasteiger partial charge >= 0.3 is 5.97 Å². The Labute approximate surface area is 231 Å². The van der Waals surface area contributed by atoms with E-state index in [4.69, 9.17) is 9.47 Å². The molecule has 0 fully saturated rings. The predicted octanol–water partition coefficient (Wildman–Crippen LogP) is 5.70. The minimum atomic E-state index is -0.446. The Morgan fingerprint density at radius 1 is 0.850 bits per heavy atom. The molecule has 1 heterocycles. The van der Waals surface area contributed by atoms with Crippen molar-refractivity contribution in [2.75, 3.05) is 6.61 Å². The number of ketones is 1. The van der Waals surface area contributed by atoms with E-state index in [-0.39, 0.29) is 52.6 Å². The third kappa shape index (κ3) is 7.41. The average Bonchev–Trinajstić information content (AvgIpc) is 2.94. The van der Waals surface area contributed by atoms with Crippen LogP contribution in [0.25, 0.3) is 6.08 Å². The van der Waals surface area contributed by atoms with Crippen molar-refractivity contribution in [2.24, 2.45) is 0 Å². The van der Waals surface area contributed by atoms with Gasteiger partial charge in [-0.3, -0.25) is 4.79 Å². The van der Waals surface area contributed by atoms with Gasteiger partial charge in [-0.05, 0) is 34.9 Å². The van der Waals surface area contributed by atoms with Gasteiger partial charge < -0.3 is 29.9 Å². The van der Waals surface area contributed by atoms with Crippen LogP contribution >= 0.6 is 0 Å². The summed E-state index contributed by atoms with van der Waals surface area (Å²) in [5, 5.41) is 37.7. The predicted molar refractivity (Wildman–Crippen MR) is 148 cm³/mol. The number of benzene rings is 4. The van der Waals surface area contributed by atoms with Gasteiger partial charge in [-0.1, -0.05) is 66.7 Å². The molecule has 0 unspecified atom stereocenters. The van der Waals surface area contributed by atoms with Crippen molar-refractivity contribution in [1.82, 2.24) is 0 Å². The smallest absolute Gasteiger partial charge is 0.330 e. The van der Waals surface area contributed by atoms with E-state index in [0.29, 0.717) is 18.6 Å². The zero-order valence-corrected chi connectivity index (χ0v) is 21.4. The van der Waals surface area contributed by atoms with Gasteiger partial charge in [0, 0.05) is 24.6 Å². The second kappa shape index (κ2) is 13.0. The average molecular weight is 541 g/mol. The molecule has 0 saturated carbocycles. The largest absolute Gasteiger partial charge is 0.508 e. The van der Waals surface area contributed by atoms with E-state index in [1.54, 1.807) is 6.07 Å². The van der Waals surface area contributed by atoms with Crippen molar-refractivity contribution in [3.8, 4) is 28.7 Å². The van der Waals surface area contributed by atoms with Crippen LogP contribution in [0.5, 0.6) is 28.7 Å². The first-order valence-corrected chi connectivity index (χ1v) is 12.5. The third-order valence-electron chi connectivity index (χ3n) is 6.05. The van der Waals surface area contributed by atoms with E-state index >= 15 is 0 Å². The van der Waals surface area contributed by atoms with Crippen molar-refractivity contribution in [3.63, 3.8) is 0 Å². The van der Waals surface area contributed by atoms with Crippen LogP contribution in [0.1, 0.15) is 39.6 Å².